The molecule has 4 aromatic carbocycles. The highest BCUT2D eigenvalue weighted by atomic mass is 16.5. The van der Waals surface area contributed by atoms with E-state index in [4.69, 9.17) is 14.7 Å². The standard InChI is InChI=1S/C31H26N2O3/c34-27-14-6-2-10-22(27)19-32-30-24-12-4-8-16-29(24)36-31(33-20-23-11-3-7-15-28(23)35)25-13-5-1-9-21(25)17-18-26(30)31/h1-16,19-20,26,30,34-35H,17-18H2/b32-19?,33-20+/t26?,30-,31+/m0/s1. The van der Waals surface area contributed by atoms with Crippen LogP contribution in [-0.4, -0.2) is 22.6 Å². The van der Waals surface area contributed by atoms with Crippen LogP contribution in [0.15, 0.2) is 107 Å². The van der Waals surface area contributed by atoms with Crippen LogP contribution in [0.4, 0.5) is 0 Å². The number of benzene rings is 4. The quantitative estimate of drug-likeness (QED) is 0.347. The molecule has 6 rings (SSSR count). The molecule has 1 heterocycles. The predicted molar refractivity (Wildman–Crippen MR) is 141 cm³/mol. The number of aromatic hydroxyl groups is 2. The zero-order valence-corrected chi connectivity index (χ0v) is 19.7. The predicted octanol–water partition coefficient (Wildman–Crippen LogP) is 6.18. The Hall–Kier alpha value is -4.38. The Morgan fingerprint density at radius 2 is 1.39 bits per heavy atom. The molecule has 5 heteroatoms. The maximum Gasteiger partial charge on any atom is 0.231 e. The number of hydrogen-bond acceptors (Lipinski definition) is 5. The van der Waals surface area contributed by atoms with Crippen molar-refractivity contribution in [2.75, 3.05) is 0 Å². The number of fused-ring (bicyclic) bond motifs is 4. The zero-order valence-electron chi connectivity index (χ0n) is 19.7. The zero-order chi connectivity index (χ0) is 24.5. The van der Waals surface area contributed by atoms with Gasteiger partial charge < -0.3 is 14.9 Å². The maximum absolute atomic E-state index is 10.4. The molecule has 1 aliphatic carbocycles. The molecular formula is C31H26N2O3. The highest BCUT2D eigenvalue weighted by Gasteiger charge is 2.53. The number of rotatable bonds is 4. The van der Waals surface area contributed by atoms with Gasteiger partial charge in [-0.05, 0) is 48.7 Å². The summed E-state index contributed by atoms with van der Waals surface area (Å²) in [5, 5.41) is 20.7. The second kappa shape index (κ2) is 9.00. The third kappa shape index (κ3) is 3.73. The lowest BCUT2D eigenvalue weighted by molar-refractivity contribution is -0.0295. The summed E-state index contributed by atoms with van der Waals surface area (Å²) in [6.45, 7) is 0. The largest absolute Gasteiger partial charge is 0.507 e. The summed E-state index contributed by atoms with van der Waals surface area (Å²) in [4.78, 5) is 10.1. The van der Waals surface area contributed by atoms with E-state index in [0.29, 0.717) is 11.1 Å². The SMILES string of the molecule is Oc1ccccc1C=N[C@H]1c2ccccc2O[C@]2(/N=C/c3ccccc3O)c3ccccc3CCC12. The van der Waals surface area contributed by atoms with Gasteiger partial charge in [-0.15, -0.1) is 0 Å². The van der Waals surface area contributed by atoms with Crippen molar-refractivity contribution in [3.63, 3.8) is 0 Å². The highest BCUT2D eigenvalue weighted by molar-refractivity contribution is 5.84. The number of hydrogen-bond donors (Lipinski definition) is 2. The van der Waals surface area contributed by atoms with Crippen LogP contribution in [0, 0.1) is 5.92 Å². The number of aryl methyl sites for hydroxylation is 1. The molecule has 0 amide bonds. The second-order valence-corrected chi connectivity index (χ2v) is 9.24. The van der Waals surface area contributed by atoms with Crippen LogP contribution >= 0.6 is 0 Å². The number of phenolic OH excluding ortho intramolecular Hbond substituents is 2. The van der Waals surface area contributed by atoms with E-state index in [0.717, 1.165) is 29.7 Å². The van der Waals surface area contributed by atoms with E-state index in [-0.39, 0.29) is 23.5 Å². The van der Waals surface area contributed by atoms with Crippen molar-refractivity contribution in [2.24, 2.45) is 15.9 Å². The molecule has 36 heavy (non-hydrogen) atoms. The number of para-hydroxylation sites is 3. The molecule has 2 aliphatic rings. The lowest BCUT2D eigenvalue weighted by atomic mass is 9.70. The van der Waals surface area contributed by atoms with Gasteiger partial charge in [0.2, 0.25) is 5.72 Å². The van der Waals surface area contributed by atoms with E-state index in [9.17, 15) is 10.2 Å². The van der Waals surface area contributed by atoms with E-state index in [1.807, 2.05) is 54.6 Å². The normalized spacial score (nSPS) is 22.6. The van der Waals surface area contributed by atoms with Crippen LogP contribution in [0.3, 0.4) is 0 Å². The van der Waals surface area contributed by atoms with Gasteiger partial charge in [-0.1, -0.05) is 66.7 Å². The van der Waals surface area contributed by atoms with Gasteiger partial charge in [-0.25, -0.2) is 4.99 Å². The monoisotopic (exact) mass is 474 g/mol. The molecule has 3 atom stereocenters. The molecule has 0 radical (unpaired) electrons. The average Bonchev–Trinajstić information content (AvgIpc) is 2.91. The molecule has 0 bridgehead atoms. The van der Waals surface area contributed by atoms with Crippen molar-refractivity contribution in [3.8, 4) is 17.2 Å². The molecule has 5 nitrogen and oxygen atoms in total. The van der Waals surface area contributed by atoms with E-state index in [2.05, 4.69) is 18.2 Å². The minimum atomic E-state index is -1.01. The van der Waals surface area contributed by atoms with Crippen molar-refractivity contribution in [2.45, 2.75) is 24.6 Å². The lowest BCUT2D eigenvalue weighted by Crippen LogP contribution is -2.48. The number of nitrogens with zero attached hydrogens (tertiary/aromatic N) is 2. The molecule has 0 saturated carbocycles. The summed E-state index contributed by atoms with van der Waals surface area (Å²) in [5.74, 6) is 1.01. The summed E-state index contributed by atoms with van der Waals surface area (Å²) in [5.41, 5.74) is 3.51. The first-order valence-corrected chi connectivity index (χ1v) is 12.2. The van der Waals surface area contributed by atoms with Crippen LogP contribution in [0.2, 0.25) is 0 Å². The average molecular weight is 475 g/mol. The van der Waals surface area contributed by atoms with Gasteiger partial charge in [0, 0.05) is 34.7 Å². The van der Waals surface area contributed by atoms with Crippen LogP contribution < -0.4 is 4.74 Å². The number of phenols is 2. The third-order valence-corrected chi connectivity index (χ3v) is 7.16. The fourth-order valence-corrected chi connectivity index (χ4v) is 5.39. The smallest absolute Gasteiger partial charge is 0.231 e. The Balaban J connectivity index is 1.53. The first-order chi connectivity index (χ1) is 17.7. The Bertz CT molecular complexity index is 1480. The molecule has 0 spiro atoms. The summed E-state index contributed by atoms with van der Waals surface area (Å²) in [6, 6.07) is 30.4. The molecule has 2 N–H and O–H groups in total. The van der Waals surface area contributed by atoms with Gasteiger partial charge in [-0.2, -0.15) is 0 Å². The Kier molecular flexibility index (Phi) is 5.53. The van der Waals surface area contributed by atoms with Gasteiger partial charge in [0.25, 0.3) is 0 Å². The van der Waals surface area contributed by atoms with E-state index >= 15 is 0 Å². The minimum Gasteiger partial charge on any atom is -0.507 e. The molecule has 0 fully saturated rings. The van der Waals surface area contributed by atoms with Crippen LogP contribution in [0.1, 0.15) is 40.3 Å². The van der Waals surface area contributed by atoms with Gasteiger partial charge in [0.15, 0.2) is 0 Å². The first-order valence-electron chi connectivity index (χ1n) is 12.2. The molecule has 0 aromatic heterocycles. The molecule has 0 saturated heterocycles. The number of ether oxygens (including phenoxy) is 1. The molecular weight excluding hydrogens is 448 g/mol. The van der Waals surface area contributed by atoms with Crippen molar-refractivity contribution < 1.29 is 14.9 Å². The molecule has 4 aromatic rings. The highest BCUT2D eigenvalue weighted by Crippen LogP contribution is 2.55. The Labute approximate surface area is 210 Å². The van der Waals surface area contributed by atoms with Gasteiger partial charge in [-0.3, -0.25) is 4.99 Å². The van der Waals surface area contributed by atoms with E-state index in [1.165, 1.54) is 5.56 Å². The first kappa shape index (κ1) is 22.1. The van der Waals surface area contributed by atoms with Crippen LogP contribution in [0.25, 0.3) is 0 Å². The lowest BCUT2D eigenvalue weighted by Gasteiger charge is -2.48. The van der Waals surface area contributed by atoms with Crippen molar-refractivity contribution in [1.82, 2.24) is 0 Å². The molecule has 1 unspecified atom stereocenters. The van der Waals surface area contributed by atoms with Crippen molar-refractivity contribution >= 4 is 12.4 Å². The van der Waals surface area contributed by atoms with Crippen molar-refractivity contribution in [3.05, 3.63) is 125 Å². The number of aliphatic imine (C=N–C) groups is 2. The van der Waals surface area contributed by atoms with Gasteiger partial charge in [0.05, 0.1) is 12.0 Å². The summed E-state index contributed by atoms with van der Waals surface area (Å²) in [7, 11) is 0. The second-order valence-electron chi connectivity index (χ2n) is 9.24. The van der Waals surface area contributed by atoms with Gasteiger partial charge >= 0.3 is 0 Å². The minimum absolute atomic E-state index is 0.0912. The maximum atomic E-state index is 10.4. The topological polar surface area (TPSA) is 74.4 Å². The Morgan fingerprint density at radius 1 is 0.750 bits per heavy atom. The van der Waals surface area contributed by atoms with Crippen LogP contribution in [0.5, 0.6) is 17.2 Å². The third-order valence-electron chi connectivity index (χ3n) is 7.16. The summed E-state index contributed by atoms with van der Waals surface area (Å²) < 4.78 is 6.81. The van der Waals surface area contributed by atoms with E-state index < -0.39 is 5.72 Å². The molecule has 1 aliphatic heterocycles. The van der Waals surface area contributed by atoms with Crippen molar-refractivity contribution in [1.29, 1.82) is 0 Å². The fraction of sp³-hybridized carbons (Fsp3) is 0.161. The summed E-state index contributed by atoms with van der Waals surface area (Å²) in [6.07, 6.45) is 5.18. The van der Waals surface area contributed by atoms with E-state index in [1.54, 1.807) is 36.7 Å². The molecule has 178 valence electrons. The van der Waals surface area contributed by atoms with Gasteiger partial charge in [0.1, 0.15) is 17.2 Å². The summed E-state index contributed by atoms with van der Waals surface area (Å²) >= 11 is 0. The Morgan fingerprint density at radius 3 is 2.17 bits per heavy atom. The fourth-order valence-electron chi connectivity index (χ4n) is 5.39. The van der Waals surface area contributed by atoms with Crippen LogP contribution in [-0.2, 0) is 12.1 Å².